The number of H-pyrrole nitrogens is 1. The van der Waals surface area contributed by atoms with Crippen molar-refractivity contribution in [3.8, 4) is 5.69 Å². The highest BCUT2D eigenvalue weighted by atomic mass is 32.1. The van der Waals surface area contributed by atoms with Gasteiger partial charge in [-0.15, -0.1) is 11.3 Å². The van der Waals surface area contributed by atoms with E-state index in [0.29, 0.717) is 27.2 Å². The summed E-state index contributed by atoms with van der Waals surface area (Å²) in [5.41, 5.74) is 1.41. The summed E-state index contributed by atoms with van der Waals surface area (Å²) in [5, 5.41) is 0.987. The molecule has 0 bridgehead atoms. The Morgan fingerprint density at radius 1 is 1.06 bits per heavy atom. The molecule has 7 nitrogen and oxygen atoms in total. The topological polar surface area (TPSA) is 86.1 Å². The number of fused-ring (bicyclic) bond motifs is 2. The smallest absolute Gasteiger partial charge is 0.321 e. The van der Waals surface area contributed by atoms with Crippen LogP contribution in [-0.4, -0.2) is 34.6 Å². The molecule has 0 aliphatic heterocycles. The summed E-state index contributed by atoms with van der Waals surface area (Å²) >= 11 is 1.14. The third-order valence-electron chi connectivity index (χ3n) is 4.55. The second-order valence-corrected chi connectivity index (χ2v) is 7.82. The van der Waals surface area contributed by atoms with E-state index in [1.165, 1.54) is 4.57 Å². The zero-order valence-electron chi connectivity index (χ0n) is 22.0. The predicted octanol–water partition coefficient (Wildman–Crippen LogP) is 6.43. The maximum atomic E-state index is 12.7. The average Bonchev–Trinajstić information content (AvgIpc) is 3.51. The molecule has 1 N–H and O–H groups in total. The summed E-state index contributed by atoms with van der Waals surface area (Å²) in [7, 11) is 3.25. The number of thiophene rings is 1. The van der Waals surface area contributed by atoms with Crippen LogP contribution in [0.15, 0.2) is 77.0 Å². The van der Waals surface area contributed by atoms with Crippen LogP contribution in [-0.2, 0) is 4.74 Å². The quantitative estimate of drug-likeness (QED) is 0.191. The molecule has 8 heteroatoms. The van der Waals surface area contributed by atoms with Crippen molar-refractivity contribution in [1.82, 2.24) is 14.1 Å². The van der Waals surface area contributed by atoms with Gasteiger partial charge in [0.05, 0.1) is 21.6 Å². The fraction of sp³-hybridized carbons (Fsp3) is 0.250. The Labute approximate surface area is 215 Å². The summed E-state index contributed by atoms with van der Waals surface area (Å²) in [6.45, 7) is 13.7. The van der Waals surface area contributed by atoms with E-state index in [1.807, 2.05) is 81.8 Å². The van der Waals surface area contributed by atoms with Crippen molar-refractivity contribution >= 4 is 44.6 Å². The third-order valence-corrected chi connectivity index (χ3v) is 5.52. The van der Waals surface area contributed by atoms with Gasteiger partial charge >= 0.3 is 11.1 Å². The van der Waals surface area contributed by atoms with Crippen LogP contribution in [0, 0.1) is 0 Å². The molecule has 3 aromatic heterocycles. The molecule has 0 aliphatic rings. The van der Waals surface area contributed by atoms with Crippen molar-refractivity contribution in [2.24, 2.45) is 0 Å². The van der Waals surface area contributed by atoms with Crippen LogP contribution in [0.3, 0.4) is 0 Å². The molecule has 0 saturated heterocycles. The van der Waals surface area contributed by atoms with Crippen LogP contribution in [0.2, 0.25) is 0 Å². The van der Waals surface area contributed by atoms with Gasteiger partial charge in [0.15, 0.2) is 6.29 Å². The van der Waals surface area contributed by atoms with Gasteiger partial charge in [0.1, 0.15) is 4.83 Å². The molecule has 0 radical (unpaired) electrons. The highest BCUT2D eigenvalue weighted by Gasteiger charge is 2.14. The molecule has 3 heterocycles. The molecular weight excluding hydrogens is 474 g/mol. The van der Waals surface area contributed by atoms with Crippen LogP contribution in [0.5, 0.6) is 0 Å². The number of methoxy groups -OCH3 is 1. The Balaban J connectivity index is 0.000000844. The number of aromatic nitrogens is 3. The minimum absolute atomic E-state index is 0.434. The van der Waals surface area contributed by atoms with Crippen LogP contribution >= 0.6 is 11.3 Å². The van der Waals surface area contributed by atoms with E-state index in [2.05, 4.69) is 16.3 Å². The second kappa shape index (κ2) is 15.3. The number of benzene rings is 1. The Morgan fingerprint density at radius 3 is 2.31 bits per heavy atom. The zero-order chi connectivity index (χ0) is 27.3. The van der Waals surface area contributed by atoms with Gasteiger partial charge in [-0.2, -0.15) is 0 Å². The largest absolute Gasteiger partial charge is 0.388 e. The Bertz CT molecular complexity index is 1470. The highest BCUT2D eigenvalue weighted by Crippen LogP contribution is 2.26. The van der Waals surface area contributed by atoms with Crippen LogP contribution in [0.25, 0.3) is 32.6 Å². The number of carbonyl (C=O) groups excluding carboxylic acids is 1. The zero-order valence-corrected chi connectivity index (χ0v) is 22.8. The Kier molecular flexibility index (Phi) is 12.9. The molecule has 36 heavy (non-hydrogen) atoms. The second-order valence-electron chi connectivity index (χ2n) is 6.74. The van der Waals surface area contributed by atoms with Crippen LogP contribution in [0.4, 0.5) is 0 Å². The molecule has 0 atom stereocenters. The maximum absolute atomic E-state index is 12.7. The standard InChI is InChI=1S/C22H17N3O3S.C2H6O.2C2H6/c1-3-5-15(6-4-2)24-10-9-14-7-8-16(11-18(14)24)25-19-12-17(13-26)29-21(19)23-20(27)22(25)28;1-3-2;2*1-2/h3-13H,1H2,2H3,(H,23,27);1-2H3;2*1-2H3/b6-4-,15-5+;;;. The molecule has 0 saturated carbocycles. The molecule has 4 rings (SSSR count). The van der Waals surface area contributed by atoms with E-state index in [-0.39, 0.29) is 0 Å². The molecule has 0 fully saturated rings. The minimum Gasteiger partial charge on any atom is -0.388 e. The summed E-state index contributed by atoms with van der Waals surface area (Å²) in [4.78, 5) is 39.5. The summed E-state index contributed by atoms with van der Waals surface area (Å²) in [6, 6.07) is 9.13. The number of ether oxygens (including phenoxy) is 1. The van der Waals surface area contributed by atoms with E-state index in [0.717, 1.165) is 27.9 Å². The molecule has 4 aromatic rings. The first-order valence-electron chi connectivity index (χ1n) is 11.7. The highest BCUT2D eigenvalue weighted by molar-refractivity contribution is 7.20. The van der Waals surface area contributed by atoms with Crippen molar-refractivity contribution < 1.29 is 9.53 Å². The fourth-order valence-electron chi connectivity index (χ4n) is 3.33. The van der Waals surface area contributed by atoms with Gasteiger partial charge in [-0.1, -0.05) is 52.5 Å². The molecule has 1 aromatic carbocycles. The Hall–Kier alpha value is -3.75. The first-order valence-corrected chi connectivity index (χ1v) is 12.5. The van der Waals surface area contributed by atoms with Gasteiger partial charge in [0.25, 0.3) is 0 Å². The lowest BCUT2D eigenvalue weighted by atomic mass is 10.2. The first kappa shape index (κ1) is 30.3. The van der Waals surface area contributed by atoms with Crippen molar-refractivity contribution in [2.75, 3.05) is 14.2 Å². The normalized spacial score (nSPS) is 10.7. The van der Waals surface area contributed by atoms with Gasteiger partial charge in [-0.3, -0.25) is 19.0 Å². The fourth-order valence-corrected chi connectivity index (χ4v) is 4.18. The average molecular weight is 510 g/mol. The molecule has 0 unspecified atom stereocenters. The van der Waals surface area contributed by atoms with Crippen LogP contribution in [0.1, 0.15) is 44.3 Å². The lowest BCUT2D eigenvalue weighted by molar-refractivity contribution is 0.112. The monoisotopic (exact) mass is 509 g/mol. The van der Waals surface area contributed by atoms with Crippen molar-refractivity contribution in [1.29, 1.82) is 0 Å². The SMILES string of the molecule is C=C/C=C(\C=C/C)n1ccc2ccc(-n3c(=O)c(=O)[nH]c4sc(C=O)cc43)cc21.CC.CC.COC. The van der Waals surface area contributed by atoms with Gasteiger partial charge in [0, 0.05) is 31.5 Å². The number of aldehydes is 1. The van der Waals surface area contributed by atoms with E-state index in [1.54, 1.807) is 32.4 Å². The lowest BCUT2D eigenvalue weighted by Gasteiger charge is -2.10. The third kappa shape index (κ3) is 6.68. The number of rotatable bonds is 5. The molecule has 0 aliphatic carbocycles. The number of hydrogen-bond acceptors (Lipinski definition) is 5. The van der Waals surface area contributed by atoms with Gasteiger partial charge in [-0.05, 0) is 43.3 Å². The number of nitrogens with one attached hydrogen (secondary N) is 1. The summed E-state index contributed by atoms with van der Waals surface area (Å²) in [5.74, 6) is 0. The van der Waals surface area contributed by atoms with Gasteiger partial charge in [-0.25, -0.2) is 0 Å². The van der Waals surface area contributed by atoms with Crippen molar-refractivity contribution in [2.45, 2.75) is 34.6 Å². The van der Waals surface area contributed by atoms with Crippen LogP contribution < -0.4 is 11.1 Å². The number of allylic oxidation sites excluding steroid dienone is 5. The van der Waals surface area contributed by atoms with Crippen molar-refractivity contribution in [3.05, 3.63) is 93.0 Å². The lowest BCUT2D eigenvalue weighted by Crippen LogP contribution is -2.35. The predicted molar refractivity (Wildman–Crippen MR) is 154 cm³/mol. The maximum Gasteiger partial charge on any atom is 0.321 e. The molecule has 0 amide bonds. The number of nitrogens with zero attached hydrogens (tertiary/aromatic N) is 2. The number of hydrogen-bond donors (Lipinski definition) is 1. The van der Waals surface area contributed by atoms with E-state index >= 15 is 0 Å². The van der Waals surface area contributed by atoms with E-state index in [4.69, 9.17) is 0 Å². The first-order chi connectivity index (χ1) is 17.5. The van der Waals surface area contributed by atoms with Crippen molar-refractivity contribution in [3.63, 3.8) is 0 Å². The summed E-state index contributed by atoms with van der Waals surface area (Å²) in [6.07, 6.45) is 10.1. The molecule has 0 spiro atoms. The minimum atomic E-state index is -0.728. The molecule has 192 valence electrons. The molecular formula is C28H35N3O4S. The number of aromatic amines is 1. The van der Waals surface area contributed by atoms with E-state index in [9.17, 15) is 14.4 Å². The van der Waals surface area contributed by atoms with Gasteiger partial charge in [0.2, 0.25) is 0 Å². The van der Waals surface area contributed by atoms with E-state index < -0.39 is 11.1 Å². The Morgan fingerprint density at radius 2 is 1.72 bits per heavy atom. The summed E-state index contributed by atoms with van der Waals surface area (Å²) < 4.78 is 7.58. The van der Waals surface area contributed by atoms with Gasteiger partial charge < -0.3 is 14.3 Å². The number of carbonyl (C=O) groups is 1.